The zero-order chi connectivity index (χ0) is 13.8. The Morgan fingerprint density at radius 1 is 1.11 bits per heavy atom. The van der Waals surface area contributed by atoms with Crippen LogP contribution < -0.4 is 11.3 Å². The van der Waals surface area contributed by atoms with E-state index in [1.165, 1.54) is 25.0 Å². The van der Waals surface area contributed by atoms with E-state index in [-0.39, 0.29) is 11.5 Å². The smallest absolute Gasteiger partial charge is 0.132 e. The van der Waals surface area contributed by atoms with Crippen LogP contribution in [0.15, 0.2) is 16.6 Å². The van der Waals surface area contributed by atoms with Crippen molar-refractivity contribution in [1.29, 1.82) is 0 Å². The third kappa shape index (κ3) is 3.52. The van der Waals surface area contributed by atoms with Crippen molar-refractivity contribution in [2.24, 2.45) is 11.8 Å². The molecule has 106 valence electrons. The molecule has 1 aliphatic rings. The van der Waals surface area contributed by atoms with E-state index in [1.54, 1.807) is 0 Å². The van der Waals surface area contributed by atoms with E-state index < -0.39 is 17.7 Å². The average molecular weight is 333 g/mol. The number of hydrazine groups is 1. The first kappa shape index (κ1) is 14.9. The molecule has 1 fully saturated rings. The lowest BCUT2D eigenvalue weighted by atomic mass is 9.87. The van der Waals surface area contributed by atoms with Gasteiger partial charge in [-0.1, -0.05) is 41.6 Å². The number of nitrogens with one attached hydrogen (secondary N) is 1. The molecule has 0 saturated heterocycles. The molecule has 0 heterocycles. The Kier molecular flexibility index (Phi) is 5.30. The van der Waals surface area contributed by atoms with Gasteiger partial charge in [0.05, 0.1) is 6.04 Å². The molecule has 0 radical (unpaired) electrons. The third-order valence-electron chi connectivity index (χ3n) is 3.91. The van der Waals surface area contributed by atoms with E-state index in [9.17, 15) is 8.78 Å². The molecule has 3 N–H and O–H groups in total. The van der Waals surface area contributed by atoms with Crippen molar-refractivity contribution in [3.05, 3.63) is 33.8 Å². The highest BCUT2D eigenvalue weighted by Crippen LogP contribution is 2.36. The highest BCUT2D eigenvalue weighted by atomic mass is 79.9. The molecule has 1 aromatic rings. The SMILES string of the molecule is NNC(c1c(F)cc(Br)cc1F)C1CCCCCC1. The second-order valence-corrected chi connectivity index (χ2v) is 6.09. The molecular formula is C14H19BrF2N2. The van der Waals surface area contributed by atoms with Crippen LogP contribution in [0.5, 0.6) is 0 Å². The zero-order valence-corrected chi connectivity index (χ0v) is 12.3. The van der Waals surface area contributed by atoms with E-state index in [2.05, 4.69) is 21.4 Å². The van der Waals surface area contributed by atoms with Crippen LogP contribution in [0.3, 0.4) is 0 Å². The van der Waals surface area contributed by atoms with Gasteiger partial charge in [0, 0.05) is 10.0 Å². The molecule has 0 spiro atoms. The standard InChI is InChI=1S/C14H19BrF2N2/c15-10-7-11(16)13(12(17)8-10)14(19-18)9-5-3-1-2-4-6-9/h7-9,14,19H,1-6,18H2. The summed E-state index contributed by atoms with van der Waals surface area (Å²) >= 11 is 3.10. The maximum absolute atomic E-state index is 14.0. The monoisotopic (exact) mass is 332 g/mol. The Labute approximate surface area is 120 Å². The van der Waals surface area contributed by atoms with Gasteiger partial charge in [-0.15, -0.1) is 0 Å². The molecule has 1 atom stereocenters. The summed E-state index contributed by atoms with van der Waals surface area (Å²) in [6, 6.07) is 2.13. The molecule has 0 aliphatic heterocycles. The van der Waals surface area contributed by atoms with Gasteiger partial charge in [0.2, 0.25) is 0 Å². The van der Waals surface area contributed by atoms with Gasteiger partial charge in [-0.05, 0) is 30.9 Å². The fourth-order valence-corrected chi connectivity index (χ4v) is 3.35. The minimum Gasteiger partial charge on any atom is -0.271 e. The number of hydrogen-bond donors (Lipinski definition) is 2. The van der Waals surface area contributed by atoms with Crippen LogP contribution >= 0.6 is 15.9 Å². The molecule has 2 nitrogen and oxygen atoms in total. The van der Waals surface area contributed by atoms with Gasteiger partial charge in [-0.3, -0.25) is 11.3 Å². The minimum atomic E-state index is -0.543. The quantitative estimate of drug-likeness (QED) is 0.494. The fourth-order valence-electron chi connectivity index (χ4n) is 2.95. The molecule has 19 heavy (non-hydrogen) atoms. The van der Waals surface area contributed by atoms with E-state index in [1.807, 2.05) is 0 Å². The zero-order valence-electron chi connectivity index (χ0n) is 10.8. The van der Waals surface area contributed by atoms with Gasteiger partial charge in [0.25, 0.3) is 0 Å². The lowest BCUT2D eigenvalue weighted by molar-refractivity contribution is 0.312. The molecule has 0 aromatic heterocycles. The Morgan fingerprint density at radius 3 is 2.11 bits per heavy atom. The third-order valence-corrected chi connectivity index (χ3v) is 4.36. The predicted octanol–water partition coefficient (Wildman–Crippen LogP) is 4.20. The summed E-state index contributed by atoms with van der Waals surface area (Å²) < 4.78 is 28.5. The van der Waals surface area contributed by atoms with Crippen LogP contribution in [0.1, 0.15) is 50.1 Å². The second kappa shape index (κ2) is 6.77. The second-order valence-electron chi connectivity index (χ2n) is 5.18. The van der Waals surface area contributed by atoms with Crippen LogP contribution in [0.2, 0.25) is 0 Å². The highest BCUT2D eigenvalue weighted by Gasteiger charge is 2.28. The molecule has 1 aliphatic carbocycles. The summed E-state index contributed by atoms with van der Waals surface area (Å²) in [4.78, 5) is 0. The van der Waals surface area contributed by atoms with Gasteiger partial charge in [-0.2, -0.15) is 0 Å². The first-order valence-corrected chi connectivity index (χ1v) is 7.53. The molecule has 1 aromatic carbocycles. The number of hydrogen-bond acceptors (Lipinski definition) is 2. The number of rotatable bonds is 3. The van der Waals surface area contributed by atoms with Crippen molar-refractivity contribution in [2.45, 2.75) is 44.6 Å². The van der Waals surface area contributed by atoms with Crippen molar-refractivity contribution in [1.82, 2.24) is 5.43 Å². The summed E-state index contributed by atoms with van der Waals surface area (Å²) in [5.74, 6) is 4.67. The normalized spacial score (nSPS) is 19.2. The lowest BCUT2D eigenvalue weighted by Gasteiger charge is -2.26. The van der Waals surface area contributed by atoms with Crippen LogP contribution in [0.25, 0.3) is 0 Å². The Hall–Kier alpha value is -0.520. The summed E-state index contributed by atoms with van der Waals surface area (Å²) in [6.07, 6.45) is 6.51. The van der Waals surface area contributed by atoms with Crippen LogP contribution in [-0.4, -0.2) is 0 Å². The fraction of sp³-hybridized carbons (Fsp3) is 0.571. The van der Waals surface area contributed by atoms with Gasteiger partial charge < -0.3 is 0 Å². The summed E-state index contributed by atoms with van der Waals surface area (Å²) in [5, 5.41) is 0. The van der Waals surface area contributed by atoms with E-state index in [4.69, 9.17) is 5.84 Å². The number of nitrogens with two attached hydrogens (primary N) is 1. The van der Waals surface area contributed by atoms with Gasteiger partial charge in [0.1, 0.15) is 11.6 Å². The van der Waals surface area contributed by atoms with E-state index in [0.29, 0.717) is 4.47 Å². The van der Waals surface area contributed by atoms with Crippen molar-refractivity contribution < 1.29 is 8.78 Å². The van der Waals surface area contributed by atoms with Gasteiger partial charge in [-0.25, -0.2) is 8.78 Å². The highest BCUT2D eigenvalue weighted by molar-refractivity contribution is 9.10. The van der Waals surface area contributed by atoms with Crippen molar-refractivity contribution in [3.63, 3.8) is 0 Å². The minimum absolute atomic E-state index is 0.0672. The molecule has 0 amide bonds. The summed E-state index contributed by atoms with van der Waals surface area (Å²) in [5.41, 5.74) is 2.69. The maximum Gasteiger partial charge on any atom is 0.132 e. The average Bonchev–Trinajstić information content (AvgIpc) is 2.62. The van der Waals surface area contributed by atoms with Crippen LogP contribution in [-0.2, 0) is 0 Å². The van der Waals surface area contributed by atoms with Crippen molar-refractivity contribution in [3.8, 4) is 0 Å². The van der Waals surface area contributed by atoms with Gasteiger partial charge >= 0.3 is 0 Å². The molecule has 0 bridgehead atoms. The lowest BCUT2D eigenvalue weighted by Crippen LogP contribution is -2.35. The Morgan fingerprint density at radius 2 is 1.63 bits per heavy atom. The number of halogens is 3. The topological polar surface area (TPSA) is 38.0 Å². The van der Waals surface area contributed by atoms with Crippen molar-refractivity contribution >= 4 is 15.9 Å². The molecule has 1 unspecified atom stereocenters. The first-order valence-electron chi connectivity index (χ1n) is 6.74. The van der Waals surface area contributed by atoms with E-state index in [0.717, 1.165) is 25.7 Å². The molecule has 2 rings (SSSR count). The van der Waals surface area contributed by atoms with Crippen LogP contribution in [0, 0.1) is 17.6 Å². The summed E-state index contributed by atoms with van der Waals surface area (Å²) in [7, 11) is 0. The summed E-state index contributed by atoms with van der Waals surface area (Å²) in [6.45, 7) is 0. The van der Waals surface area contributed by atoms with Crippen molar-refractivity contribution in [2.75, 3.05) is 0 Å². The number of benzene rings is 1. The molecular weight excluding hydrogens is 314 g/mol. The van der Waals surface area contributed by atoms with Gasteiger partial charge in [0.15, 0.2) is 0 Å². The van der Waals surface area contributed by atoms with Crippen LogP contribution in [0.4, 0.5) is 8.78 Å². The first-order chi connectivity index (χ1) is 9.13. The van der Waals surface area contributed by atoms with E-state index >= 15 is 0 Å². The Bertz CT molecular complexity index is 408. The Balaban J connectivity index is 2.30. The maximum atomic E-state index is 14.0. The molecule has 5 heteroatoms. The molecule has 1 saturated carbocycles. The predicted molar refractivity (Wildman–Crippen MR) is 75.3 cm³/mol. The largest absolute Gasteiger partial charge is 0.271 e.